The molecule has 0 bridgehead atoms. The van der Waals surface area contributed by atoms with Gasteiger partial charge in [-0.1, -0.05) is 179 Å². The Labute approximate surface area is 333 Å². The van der Waals surface area contributed by atoms with Gasteiger partial charge in [-0.15, -0.1) is 0 Å². The first-order chi connectivity index (χ1) is 26.5. The lowest BCUT2D eigenvalue weighted by atomic mass is 10.1. The van der Waals surface area contributed by atoms with Crippen LogP contribution >= 0.6 is 0 Å². The van der Waals surface area contributed by atoms with E-state index in [1.165, 1.54) is 96.3 Å². The minimum absolute atomic E-state index is 0.0872. The van der Waals surface area contributed by atoms with E-state index in [1.807, 2.05) is 0 Å². The highest BCUT2D eigenvalue weighted by Crippen LogP contribution is 2.14. The first-order valence-corrected chi connectivity index (χ1v) is 22.6. The highest BCUT2D eigenvalue weighted by molar-refractivity contribution is 5.71. The Hall–Kier alpha value is -2.63. The molecule has 0 spiro atoms. The number of rotatable bonds is 40. The molecule has 0 N–H and O–H groups in total. The summed E-state index contributed by atoms with van der Waals surface area (Å²) >= 11 is 0. The zero-order valence-corrected chi connectivity index (χ0v) is 35.5. The molecule has 0 aliphatic rings. The van der Waals surface area contributed by atoms with Crippen molar-refractivity contribution in [2.75, 3.05) is 13.2 Å². The molecule has 0 saturated carbocycles. The number of esters is 3. The summed E-state index contributed by atoms with van der Waals surface area (Å²) in [6.45, 7) is 6.44. The molecule has 0 fully saturated rings. The molecule has 0 rings (SSSR count). The normalized spacial score (nSPS) is 12.4. The van der Waals surface area contributed by atoms with Gasteiger partial charge in [0.1, 0.15) is 13.2 Å². The molecule has 0 saturated heterocycles. The van der Waals surface area contributed by atoms with Crippen molar-refractivity contribution < 1.29 is 28.6 Å². The van der Waals surface area contributed by atoms with Crippen molar-refractivity contribution in [1.29, 1.82) is 0 Å². The Morgan fingerprint density at radius 1 is 0.389 bits per heavy atom. The summed E-state index contributed by atoms with van der Waals surface area (Å²) in [5.41, 5.74) is 0. The van der Waals surface area contributed by atoms with Gasteiger partial charge < -0.3 is 14.2 Å². The van der Waals surface area contributed by atoms with Crippen molar-refractivity contribution in [3.05, 3.63) is 48.6 Å². The van der Waals surface area contributed by atoms with Crippen molar-refractivity contribution in [2.24, 2.45) is 0 Å². The van der Waals surface area contributed by atoms with Crippen LogP contribution in [0.1, 0.15) is 220 Å². The van der Waals surface area contributed by atoms with Gasteiger partial charge in [0.05, 0.1) is 0 Å². The molecule has 0 aromatic heterocycles. The van der Waals surface area contributed by atoms with Crippen LogP contribution in [0.2, 0.25) is 0 Å². The monoisotopic (exact) mass is 757 g/mol. The van der Waals surface area contributed by atoms with Crippen LogP contribution in [0.5, 0.6) is 0 Å². The average molecular weight is 757 g/mol. The lowest BCUT2D eigenvalue weighted by molar-refractivity contribution is -0.167. The molecule has 1 atom stereocenters. The number of unbranched alkanes of at least 4 members (excludes halogenated alkanes) is 21. The summed E-state index contributed by atoms with van der Waals surface area (Å²) in [4.78, 5) is 37.6. The first kappa shape index (κ1) is 51.4. The molecule has 0 aromatic carbocycles. The van der Waals surface area contributed by atoms with Gasteiger partial charge in [0, 0.05) is 19.3 Å². The number of carbonyl (C=O) groups excluding carboxylic acids is 3. The van der Waals surface area contributed by atoms with Crippen LogP contribution in [0.15, 0.2) is 48.6 Å². The van der Waals surface area contributed by atoms with Crippen molar-refractivity contribution in [1.82, 2.24) is 0 Å². The molecular formula is C48H84O6. The van der Waals surface area contributed by atoms with E-state index < -0.39 is 6.10 Å². The quantitative estimate of drug-likeness (QED) is 0.0268. The van der Waals surface area contributed by atoms with Crippen molar-refractivity contribution in [2.45, 2.75) is 226 Å². The first-order valence-electron chi connectivity index (χ1n) is 22.6. The highest BCUT2D eigenvalue weighted by Gasteiger charge is 2.19. The predicted molar refractivity (Wildman–Crippen MR) is 229 cm³/mol. The van der Waals surface area contributed by atoms with Gasteiger partial charge >= 0.3 is 17.9 Å². The fraction of sp³-hybridized carbons (Fsp3) is 0.771. The Kier molecular flexibility index (Phi) is 41.0. The van der Waals surface area contributed by atoms with Gasteiger partial charge in [0.15, 0.2) is 6.10 Å². The highest BCUT2D eigenvalue weighted by atomic mass is 16.6. The van der Waals surface area contributed by atoms with Crippen LogP contribution < -0.4 is 0 Å². The van der Waals surface area contributed by atoms with Crippen molar-refractivity contribution >= 4 is 17.9 Å². The van der Waals surface area contributed by atoms with Crippen LogP contribution in [-0.4, -0.2) is 37.2 Å². The van der Waals surface area contributed by atoms with Gasteiger partial charge in [-0.3, -0.25) is 14.4 Å². The third kappa shape index (κ3) is 40.6. The Morgan fingerprint density at radius 2 is 0.741 bits per heavy atom. The largest absolute Gasteiger partial charge is 0.462 e. The Morgan fingerprint density at radius 3 is 1.24 bits per heavy atom. The van der Waals surface area contributed by atoms with E-state index in [0.29, 0.717) is 19.3 Å². The van der Waals surface area contributed by atoms with Gasteiger partial charge in [-0.05, 0) is 70.6 Å². The third-order valence-corrected chi connectivity index (χ3v) is 9.57. The fourth-order valence-corrected chi connectivity index (χ4v) is 6.16. The van der Waals surface area contributed by atoms with E-state index in [4.69, 9.17) is 14.2 Å². The van der Waals surface area contributed by atoms with Gasteiger partial charge in [-0.2, -0.15) is 0 Å². The van der Waals surface area contributed by atoms with E-state index in [1.54, 1.807) is 0 Å². The molecular weight excluding hydrogens is 673 g/mol. The van der Waals surface area contributed by atoms with E-state index in [9.17, 15) is 14.4 Å². The Bertz CT molecular complexity index is 964. The second-order valence-corrected chi connectivity index (χ2v) is 14.9. The maximum absolute atomic E-state index is 12.7. The molecule has 0 aliphatic carbocycles. The van der Waals surface area contributed by atoms with Gasteiger partial charge in [-0.25, -0.2) is 0 Å². The molecule has 0 aromatic rings. The van der Waals surface area contributed by atoms with Crippen LogP contribution in [0.25, 0.3) is 0 Å². The number of hydrogen-bond donors (Lipinski definition) is 0. The average Bonchev–Trinajstić information content (AvgIpc) is 3.17. The fourth-order valence-electron chi connectivity index (χ4n) is 6.16. The zero-order chi connectivity index (χ0) is 39.4. The van der Waals surface area contributed by atoms with Crippen molar-refractivity contribution in [3.8, 4) is 0 Å². The number of allylic oxidation sites excluding steroid dienone is 8. The number of carbonyl (C=O) groups is 3. The Balaban J connectivity index is 4.37. The summed E-state index contributed by atoms with van der Waals surface area (Å²) in [5.74, 6) is -0.937. The smallest absolute Gasteiger partial charge is 0.306 e. The number of ether oxygens (including phenoxy) is 3. The second-order valence-electron chi connectivity index (χ2n) is 14.9. The lowest BCUT2D eigenvalue weighted by Gasteiger charge is -2.18. The SMILES string of the molecule is CC/C=C\C/C=C\C/C=C\CCCCCCCCC(=O)OCC(COC(=O)CCC/C=C\CCCCCC)OC(=O)CCCCCCCCCCCCC. The molecule has 0 heterocycles. The third-order valence-electron chi connectivity index (χ3n) is 9.57. The minimum atomic E-state index is -0.783. The topological polar surface area (TPSA) is 78.9 Å². The lowest BCUT2D eigenvalue weighted by Crippen LogP contribution is -2.30. The van der Waals surface area contributed by atoms with Crippen molar-refractivity contribution in [3.63, 3.8) is 0 Å². The predicted octanol–water partition coefficient (Wildman–Crippen LogP) is 14.4. The maximum atomic E-state index is 12.7. The molecule has 54 heavy (non-hydrogen) atoms. The van der Waals surface area contributed by atoms with Crippen LogP contribution in [0.4, 0.5) is 0 Å². The summed E-state index contributed by atoms with van der Waals surface area (Å²) < 4.78 is 16.6. The van der Waals surface area contributed by atoms with Crippen LogP contribution in [0, 0.1) is 0 Å². The molecule has 0 amide bonds. The molecule has 312 valence electrons. The van der Waals surface area contributed by atoms with Crippen LogP contribution in [0.3, 0.4) is 0 Å². The summed E-state index contributed by atoms with van der Waals surface area (Å²) in [5, 5.41) is 0. The molecule has 6 nitrogen and oxygen atoms in total. The zero-order valence-electron chi connectivity index (χ0n) is 35.5. The molecule has 1 unspecified atom stereocenters. The molecule has 0 aliphatic heterocycles. The standard InChI is InChI=1S/C48H84O6/c1-4-7-10-13-16-19-21-22-23-24-25-27-29-32-35-38-41-47(50)53-44-45(43-52-46(49)40-37-34-31-28-18-15-12-9-6-3)54-48(51)42-39-36-33-30-26-20-17-14-11-8-5-2/h7,10,16,19,22-23,28,31,45H,4-6,8-9,11-15,17-18,20-21,24-27,29-30,32-44H2,1-3H3/b10-7-,19-16-,23-22-,31-28-. The van der Waals surface area contributed by atoms with E-state index in [-0.39, 0.29) is 31.1 Å². The number of hydrogen-bond acceptors (Lipinski definition) is 6. The van der Waals surface area contributed by atoms with Crippen LogP contribution in [-0.2, 0) is 28.6 Å². The summed E-state index contributed by atoms with van der Waals surface area (Å²) in [7, 11) is 0. The second kappa shape index (κ2) is 43.1. The van der Waals surface area contributed by atoms with E-state index in [0.717, 1.165) is 83.5 Å². The molecule has 6 heteroatoms. The minimum Gasteiger partial charge on any atom is -0.462 e. The van der Waals surface area contributed by atoms with E-state index in [2.05, 4.69) is 69.4 Å². The summed E-state index contributed by atoms with van der Waals surface area (Å²) in [6.07, 6.45) is 49.6. The maximum Gasteiger partial charge on any atom is 0.306 e. The van der Waals surface area contributed by atoms with Gasteiger partial charge in [0.2, 0.25) is 0 Å². The summed E-state index contributed by atoms with van der Waals surface area (Å²) in [6, 6.07) is 0. The van der Waals surface area contributed by atoms with E-state index >= 15 is 0 Å². The molecule has 0 radical (unpaired) electrons. The van der Waals surface area contributed by atoms with Gasteiger partial charge in [0.25, 0.3) is 0 Å².